The van der Waals surface area contributed by atoms with Gasteiger partial charge in [0.25, 0.3) is 0 Å². The number of aromatic amines is 1. The standard InChI is InChI=1S/C14H17N3/c1-11-12(7-9-17(2)10-8-15)13-5-3-4-6-14(13)16-11/h3-6,16H,7,9-10H2,1-2H3. The monoisotopic (exact) mass is 227 g/mol. The number of aryl methyl sites for hydroxylation is 1. The van der Waals surface area contributed by atoms with Crippen LogP contribution in [-0.4, -0.2) is 30.0 Å². The summed E-state index contributed by atoms with van der Waals surface area (Å²) in [5.74, 6) is 0. The molecule has 0 aliphatic rings. The smallest absolute Gasteiger partial charge is 0.0863 e. The van der Waals surface area contributed by atoms with Gasteiger partial charge in [0.2, 0.25) is 0 Å². The number of nitriles is 1. The third kappa shape index (κ3) is 2.48. The SMILES string of the molecule is Cc1[nH]c2ccccc2c1CCN(C)CC#N. The van der Waals surface area contributed by atoms with E-state index in [2.05, 4.69) is 36.2 Å². The van der Waals surface area contributed by atoms with E-state index in [-0.39, 0.29) is 0 Å². The van der Waals surface area contributed by atoms with E-state index >= 15 is 0 Å². The van der Waals surface area contributed by atoms with Crippen molar-refractivity contribution in [2.75, 3.05) is 20.1 Å². The third-order valence-corrected chi connectivity index (χ3v) is 3.11. The van der Waals surface area contributed by atoms with Crippen LogP contribution in [0.3, 0.4) is 0 Å². The first kappa shape index (κ1) is 11.7. The van der Waals surface area contributed by atoms with Crippen LogP contribution >= 0.6 is 0 Å². The molecule has 0 fully saturated rings. The number of benzene rings is 1. The lowest BCUT2D eigenvalue weighted by molar-refractivity contribution is 0.379. The van der Waals surface area contributed by atoms with Gasteiger partial charge in [0.05, 0.1) is 12.6 Å². The molecule has 1 N–H and O–H groups in total. The van der Waals surface area contributed by atoms with Gasteiger partial charge in [-0.05, 0) is 32.0 Å². The van der Waals surface area contributed by atoms with Gasteiger partial charge in [-0.15, -0.1) is 0 Å². The summed E-state index contributed by atoms with van der Waals surface area (Å²) in [5.41, 5.74) is 3.80. The summed E-state index contributed by atoms with van der Waals surface area (Å²) in [6.45, 7) is 3.51. The number of hydrogen-bond acceptors (Lipinski definition) is 2. The molecular formula is C14H17N3. The van der Waals surface area contributed by atoms with Crippen LogP contribution in [-0.2, 0) is 6.42 Å². The second kappa shape index (κ2) is 5.03. The highest BCUT2D eigenvalue weighted by atomic mass is 15.1. The number of aromatic nitrogens is 1. The number of hydrogen-bond donors (Lipinski definition) is 1. The fourth-order valence-corrected chi connectivity index (χ4v) is 2.16. The van der Waals surface area contributed by atoms with E-state index < -0.39 is 0 Å². The van der Waals surface area contributed by atoms with E-state index in [0.717, 1.165) is 13.0 Å². The Hall–Kier alpha value is -1.79. The zero-order valence-electron chi connectivity index (χ0n) is 10.3. The molecule has 3 nitrogen and oxygen atoms in total. The van der Waals surface area contributed by atoms with Gasteiger partial charge in [0.1, 0.15) is 0 Å². The quantitative estimate of drug-likeness (QED) is 0.815. The molecule has 0 atom stereocenters. The van der Waals surface area contributed by atoms with Crippen LogP contribution in [0.5, 0.6) is 0 Å². The molecule has 1 aromatic carbocycles. The van der Waals surface area contributed by atoms with Gasteiger partial charge in [0, 0.05) is 23.1 Å². The second-order valence-corrected chi connectivity index (χ2v) is 4.42. The minimum absolute atomic E-state index is 0.488. The van der Waals surface area contributed by atoms with Crippen molar-refractivity contribution in [1.29, 1.82) is 5.26 Å². The van der Waals surface area contributed by atoms with Crippen LogP contribution in [0.4, 0.5) is 0 Å². The van der Waals surface area contributed by atoms with Crippen molar-refractivity contribution in [3.05, 3.63) is 35.5 Å². The second-order valence-electron chi connectivity index (χ2n) is 4.42. The van der Waals surface area contributed by atoms with Crippen molar-refractivity contribution in [2.45, 2.75) is 13.3 Å². The molecule has 0 spiro atoms. The number of fused-ring (bicyclic) bond motifs is 1. The Morgan fingerprint density at radius 2 is 2.12 bits per heavy atom. The maximum absolute atomic E-state index is 8.62. The van der Waals surface area contributed by atoms with E-state index in [4.69, 9.17) is 5.26 Å². The summed E-state index contributed by atoms with van der Waals surface area (Å²) in [6, 6.07) is 10.5. The van der Waals surface area contributed by atoms with E-state index in [0.29, 0.717) is 6.54 Å². The van der Waals surface area contributed by atoms with Gasteiger partial charge >= 0.3 is 0 Å². The number of para-hydroxylation sites is 1. The predicted octanol–water partition coefficient (Wildman–Crippen LogP) is 2.47. The molecule has 0 saturated carbocycles. The average Bonchev–Trinajstić information content (AvgIpc) is 2.62. The fourth-order valence-electron chi connectivity index (χ4n) is 2.16. The summed E-state index contributed by atoms with van der Waals surface area (Å²) in [7, 11) is 1.98. The normalized spacial score (nSPS) is 10.9. The number of nitrogens with zero attached hydrogens (tertiary/aromatic N) is 2. The Kier molecular flexibility index (Phi) is 3.46. The molecule has 17 heavy (non-hydrogen) atoms. The Labute approximate surface area is 102 Å². The Balaban J connectivity index is 2.18. The largest absolute Gasteiger partial charge is 0.358 e. The molecular weight excluding hydrogens is 210 g/mol. The maximum atomic E-state index is 8.62. The summed E-state index contributed by atoms with van der Waals surface area (Å²) in [5, 5.41) is 9.92. The first-order valence-corrected chi connectivity index (χ1v) is 5.84. The van der Waals surface area contributed by atoms with Crippen LogP contribution in [0.15, 0.2) is 24.3 Å². The third-order valence-electron chi connectivity index (χ3n) is 3.11. The van der Waals surface area contributed by atoms with Gasteiger partial charge in [0.15, 0.2) is 0 Å². The summed E-state index contributed by atoms with van der Waals surface area (Å²) >= 11 is 0. The first-order valence-electron chi connectivity index (χ1n) is 5.84. The van der Waals surface area contributed by atoms with Gasteiger partial charge in [-0.2, -0.15) is 5.26 Å². The highest BCUT2D eigenvalue weighted by molar-refractivity contribution is 5.84. The molecule has 0 radical (unpaired) electrons. The Morgan fingerprint density at radius 1 is 1.35 bits per heavy atom. The van der Waals surface area contributed by atoms with Crippen molar-refractivity contribution >= 4 is 10.9 Å². The Bertz CT molecular complexity index is 548. The first-order chi connectivity index (χ1) is 8.22. The van der Waals surface area contributed by atoms with Gasteiger partial charge in [-0.25, -0.2) is 0 Å². The van der Waals surface area contributed by atoms with E-state index in [1.165, 1.54) is 22.2 Å². The molecule has 88 valence electrons. The number of rotatable bonds is 4. The maximum Gasteiger partial charge on any atom is 0.0863 e. The molecule has 2 aromatic rings. The van der Waals surface area contributed by atoms with Crippen molar-refractivity contribution in [3.8, 4) is 6.07 Å². The zero-order chi connectivity index (χ0) is 12.3. The lowest BCUT2D eigenvalue weighted by Gasteiger charge is -2.12. The van der Waals surface area contributed by atoms with Gasteiger partial charge in [-0.3, -0.25) is 4.90 Å². The zero-order valence-corrected chi connectivity index (χ0v) is 10.3. The molecule has 2 rings (SSSR count). The number of likely N-dealkylation sites (N-methyl/N-ethyl adjacent to an activating group) is 1. The predicted molar refractivity (Wildman–Crippen MR) is 69.8 cm³/mol. The molecule has 0 unspecified atom stereocenters. The van der Waals surface area contributed by atoms with Crippen molar-refractivity contribution in [1.82, 2.24) is 9.88 Å². The molecule has 1 aromatic heterocycles. The number of nitrogens with one attached hydrogen (secondary N) is 1. The lowest BCUT2D eigenvalue weighted by atomic mass is 10.1. The molecule has 0 aliphatic carbocycles. The summed E-state index contributed by atoms with van der Waals surface area (Å²) < 4.78 is 0. The number of H-pyrrole nitrogens is 1. The van der Waals surface area contributed by atoms with Crippen molar-refractivity contribution < 1.29 is 0 Å². The van der Waals surface area contributed by atoms with Crippen LogP contribution in [0.1, 0.15) is 11.3 Å². The molecule has 0 aliphatic heterocycles. The molecule has 0 bridgehead atoms. The topological polar surface area (TPSA) is 42.8 Å². The highest BCUT2D eigenvalue weighted by Gasteiger charge is 2.08. The van der Waals surface area contributed by atoms with Crippen LogP contribution in [0, 0.1) is 18.3 Å². The van der Waals surface area contributed by atoms with E-state index in [1.807, 2.05) is 18.0 Å². The lowest BCUT2D eigenvalue weighted by Crippen LogP contribution is -2.21. The molecule has 0 saturated heterocycles. The van der Waals surface area contributed by atoms with Crippen LogP contribution < -0.4 is 0 Å². The average molecular weight is 227 g/mol. The van der Waals surface area contributed by atoms with Crippen molar-refractivity contribution in [3.63, 3.8) is 0 Å². The fraction of sp³-hybridized carbons (Fsp3) is 0.357. The molecule has 0 amide bonds. The van der Waals surface area contributed by atoms with Gasteiger partial charge < -0.3 is 4.98 Å². The van der Waals surface area contributed by atoms with Crippen molar-refractivity contribution in [2.24, 2.45) is 0 Å². The summed E-state index contributed by atoms with van der Waals surface area (Å²) in [6.07, 6.45) is 0.980. The van der Waals surface area contributed by atoms with Crippen LogP contribution in [0.2, 0.25) is 0 Å². The summed E-state index contributed by atoms with van der Waals surface area (Å²) in [4.78, 5) is 5.44. The Morgan fingerprint density at radius 3 is 2.88 bits per heavy atom. The minimum atomic E-state index is 0.488. The minimum Gasteiger partial charge on any atom is -0.358 e. The van der Waals surface area contributed by atoms with Crippen LogP contribution in [0.25, 0.3) is 10.9 Å². The molecule has 3 heteroatoms. The molecule has 1 heterocycles. The van der Waals surface area contributed by atoms with E-state index in [1.54, 1.807) is 0 Å². The van der Waals surface area contributed by atoms with Gasteiger partial charge in [-0.1, -0.05) is 18.2 Å². The van der Waals surface area contributed by atoms with E-state index in [9.17, 15) is 0 Å². The highest BCUT2D eigenvalue weighted by Crippen LogP contribution is 2.22.